The van der Waals surface area contributed by atoms with Crippen LogP contribution in [0.15, 0.2) is 48.5 Å². The summed E-state index contributed by atoms with van der Waals surface area (Å²) in [6.45, 7) is 6.63. The molecule has 1 aliphatic heterocycles. The monoisotopic (exact) mass is 352 g/mol. The number of amides is 1. The molecule has 0 bridgehead atoms. The Morgan fingerprint density at radius 2 is 1.73 bits per heavy atom. The van der Waals surface area contributed by atoms with E-state index in [2.05, 4.69) is 36.1 Å². The first kappa shape index (κ1) is 18.5. The molecule has 0 N–H and O–H groups in total. The highest BCUT2D eigenvalue weighted by Crippen LogP contribution is 2.14. The van der Waals surface area contributed by atoms with Crippen molar-refractivity contribution in [2.45, 2.75) is 19.8 Å². The van der Waals surface area contributed by atoms with Gasteiger partial charge in [0, 0.05) is 32.7 Å². The molecule has 1 amide bonds. The second kappa shape index (κ2) is 8.86. The van der Waals surface area contributed by atoms with Crippen LogP contribution in [0.5, 0.6) is 5.75 Å². The van der Waals surface area contributed by atoms with Gasteiger partial charge in [0.05, 0.1) is 13.5 Å². The Morgan fingerprint density at radius 1 is 1.00 bits per heavy atom. The SMILES string of the molecule is COc1cccc(CCN2CCN(C(=O)Cc3cccc(C)c3)CC2)c1. The molecule has 138 valence electrons. The lowest BCUT2D eigenvalue weighted by atomic mass is 10.1. The van der Waals surface area contributed by atoms with Crippen LogP contribution >= 0.6 is 0 Å². The first-order valence-corrected chi connectivity index (χ1v) is 9.32. The summed E-state index contributed by atoms with van der Waals surface area (Å²) in [4.78, 5) is 17.0. The quantitative estimate of drug-likeness (QED) is 0.801. The van der Waals surface area contributed by atoms with E-state index in [0.29, 0.717) is 6.42 Å². The third-order valence-electron chi connectivity index (χ3n) is 5.01. The summed E-state index contributed by atoms with van der Waals surface area (Å²) in [6, 6.07) is 16.5. The number of rotatable bonds is 6. The van der Waals surface area contributed by atoms with Crippen molar-refractivity contribution in [1.29, 1.82) is 0 Å². The van der Waals surface area contributed by atoms with Crippen LogP contribution in [0, 0.1) is 6.92 Å². The third-order valence-corrected chi connectivity index (χ3v) is 5.01. The van der Waals surface area contributed by atoms with Crippen molar-refractivity contribution in [1.82, 2.24) is 9.80 Å². The third kappa shape index (κ3) is 5.09. The molecule has 0 radical (unpaired) electrons. The fourth-order valence-corrected chi connectivity index (χ4v) is 3.44. The zero-order chi connectivity index (χ0) is 18.4. The van der Waals surface area contributed by atoms with Gasteiger partial charge in [-0.3, -0.25) is 9.69 Å². The number of nitrogens with zero attached hydrogens (tertiary/aromatic N) is 2. The van der Waals surface area contributed by atoms with Crippen LogP contribution in [0.2, 0.25) is 0 Å². The highest BCUT2D eigenvalue weighted by molar-refractivity contribution is 5.79. The normalized spacial score (nSPS) is 15.1. The molecule has 3 rings (SSSR count). The van der Waals surface area contributed by atoms with Gasteiger partial charge in [0.15, 0.2) is 0 Å². The summed E-state index contributed by atoms with van der Waals surface area (Å²) in [5, 5.41) is 0. The Hall–Kier alpha value is -2.33. The predicted molar refractivity (Wildman–Crippen MR) is 105 cm³/mol. The molecule has 4 heteroatoms. The van der Waals surface area contributed by atoms with E-state index in [-0.39, 0.29) is 5.91 Å². The largest absolute Gasteiger partial charge is 0.497 e. The molecule has 4 nitrogen and oxygen atoms in total. The maximum atomic E-state index is 12.5. The molecule has 0 aromatic heterocycles. The summed E-state index contributed by atoms with van der Waals surface area (Å²) in [5.41, 5.74) is 3.61. The Labute approximate surface area is 156 Å². The second-order valence-corrected chi connectivity index (χ2v) is 6.99. The van der Waals surface area contributed by atoms with Gasteiger partial charge in [-0.25, -0.2) is 0 Å². The zero-order valence-electron chi connectivity index (χ0n) is 15.8. The minimum Gasteiger partial charge on any atom is -0.497 e. The number of hydrogen-bond donors (Lipinski definition) is 0. The van der Waals surface area contributed by atoms with Gasteiger partial charge in [-0.15, -0.1) is 0 Å². The summed E-state index contributed by atoms with van der Waals surface area (Å²) < 4.78 is 5.29. The number of aryl methyl sites for hydroxylation is 1. The second-order valence-electron chi connectivity index (χ2n) is 6.99. The van der Waals surface area contributed by atoms with Gasteiger partial charge in [0.1, 0.15) is 5.75 Å². The van der Waals surface area contributed by atoms with Crippen molar-refractivity contribution < 1.29 is 9.53 Å². The van der Waals surface area contributed by atoms with Crippen LogP contribution in [0.25, 0.3) is 0 Å². The van der Waals surface area contributed by atoms with Crippen molar-refractivity contribution in [2.75, 3.05) is 39.8 Å². The fraction of sp³-hybridized carbons (Fsp3) is 0.409. The van der Waals surface area contributed by atoms with E-state index in [1.54, 1.807) is 7.11 Å². The fourth-order valence-electron chi connectivity index (χ4n) is 3.44. The van der Waals surface area contributed by atoms with Crippen LogP contribution in [0.1, 0.15) is 16.7 Å². The van der Waals surface area contributed by atoms with Gasteiger partial charge in [-0.2, -0.15) is 0 Å². The van der Waals surface area contributed by atoms with Crippen LogP contribution in [-0.2, 0) is 17.6 Å². The van der Waals surface area contributed by atoms with E-state index in [9.17, 15) is 4.79 Å². The Kier molecular flexibility index (Phi) is 6.29. The first-order valence-electron chi connectivity index (χ1n) is 9.32. The van der Waals surface area contributed by atoms with Crippen LogP contribution in [-0.4, -0.2) is 55.5 Å². The molecule has 2 aromatic carbocycles. The summed E-state index contributed by atoms with van der Waals surface area (Å²) in [7, 11) is 1.70. The highest BCUT2D eigenvalue weighted by atomic mass is 16.5. The lowest BCUT2D eigenvalue weighted by Crippen LogP contribution is -2.49. The molecule has 0 saturated carbocycles. The summed E-state index contributed by atoms with van der Waals surface area (Å²) in [6.07, 6.45) is 1.51. The number of piperazine rings is 1. The molecule has 26 heavy (non-hydrogen) atoms. The molecule has 1 heterocycles. The number of benzene rings is 2. The maximum absolute atomic E-state index is 12.5. The Morgan fingerprint density at radius 3 is 2.46 bits per heavy atom. The number of carbonyl (C=O) groups excluding carboxylic acids is 1. The Bertz CT molecular complexity index is 736. The van der Waals surface area contributed by atoms with Gasteiger partial charge >= 0.3 is 0 Å². The lowest BCUT2D eigenvalue weighted by molar-refractivity contribution is -0.132. The van der Waals surface area contributed by atoms with E-state index in [1.165, 1.54) is 11.1 Å². The molecular weight excluding hydrogens is 324 g/mol. The van der Waals surface area contributed by atoms with Crippen molar-refractivity contribution >= 4 is 5.91 Å². The topological polar surface area (TPSA) is 32.8 Å². The summed E-state index contributed by atoms with van der Waals surface area (Å²) in [5.74, 6) is 1.15. The van der Waals surface area contributed by atoms with E-state index < -0.39 is 0 Å². The van der Waals surface area contributed by atoms with Gasteiger partial charge in [0.25, 0.3) is 0 Å². The van der Waals surface area contributed by atoms with Crippen LogP contribution in [0.3, 0.4) is 0 Å². The number of hydrogen-bond acceptors (Lipinski definition) is 3. The van der Waals surface area contributed by atoms with E-state index >= 15 is 0 Å². The minimum atomic E-state index is 0.239. The molecule has 0 unspecified atom stereocenters. The molecule has 0 atom stereocenters. The molecule has 0 spiro atoms. The minimum absolute atomic E-state index is 0.239. The van der Waals surface area contributed by atoms with Gasteiger partial charge in [-0.05, 0) is 36.6 Å². The van der Waals surface area contributed by atoms with Crippen molar-refractivity contribution in [3.63, 3.8) is 0 Å². The van der Waals surface area contributed by atoms with Gasteiger partial charge in [0.2, 0.25) is 5.91 Å². The van der Waals surface area contributed by atoms with E-state index in [4.69, 9.17) is 4.74 Å². The maximum Gasteiger partial charge on any atom is 0.227 e. The van der Waals surface area contributed by atoms with Crippen molar-refractivity contribution in [3.8, 4) is 5.75 Å². The molecule has 0 aliphatic carbocycles. The summed E-state index contributed by atoms with van der Waals surface area (Å²) >= 11 is 0. The Balaban J connectivity index is 1.44. The molecule has 2 aromatic rings. The lowest BCUT2D eigenvalue weighted by Gasteiger charge is -2.35. The van der Waals surface area contributed by atoms with Gasteiger partial charge in [-0.1, -0.05) is 42.0 Å². The molecule has 1 saturated heterocycles. The zero-order valence-corrected chi connectivity index (χ0v) is 15.8. The van der Waals surface area contributed by atoms with Crippen LogP contribution in [0.4, 0.5) is 0 Å². The number of ether oxygens (including phenoxy) is 1. The molecule has 1 fully saturated rings. The van der Waals surface area contributed by atoms with E-state index in [0.717, 1.165) is 50.5 Å². The molecule has 1 aliphatic rings. The van der Waals surface area contributed by atoms with Crippen molar-refractivity contribution in [2.24, 2.45) is 0 Å². The predicted octanol–water partition coefficient (Wildman–Crippen LogP) is 2.93. The van der Waals surface area contributed by atoms with Crippen LogP contribution < -0.4 is 4.74 Å². The van der Waals surface area contributed by atoms with Gasteiger partial charge < -0.3 is 9.64 Å². The first-order chi connectivity index (χ1) is 12.6. The molecular formula is C22H28N2O2. The number of methoxy groups -OCH3 is 1. The number of carbonyl (C=O) groups is 1. The van der Waals surface area contributed by atoms with E-state index in [1.807, 2.05) is 29.2 Å². The average molecular weight is 352 g/mol. The average Bonchev–Trinajstić information content (AvgIpc) is 2.67. The highest BCUT2D eigenvalue weighted by Gasteiger charge is 2.21. The smallest absolute Gasteiger partial charge is 0.227 e. The standard InChI is InChI=1S/C22H28N2O2/c1-18-5-3-7-20(15-18)17-22(25)24-13-11-23(12-14-24)10-9-19-6-4-8-21(16-19)26-2/h3-8,15-16H,9-14,17H2,1-2H3. The van der Waals surface area contributed by atoms with Crippen molar-refractivity contribution in [3.05, 3.63) is 65.2 Å².